The first-order valence-corrected chi connectivity index (χ1v) is 5.37. The predicted octanol–water partition coefficient (Wildman–Crippen LogP) is 2.69. The molecule has 0 heterocycles. The van der Waals surface area contributed by atoms with Gasteiger partial charge >= 0.3 is 0 Å². The lowest BCUT2D eigenvalue weighted by Gasteiger charge is -2.02. The molecule has 0 aromatic carbocycles. The molecule has 2 heteroatoms. The summed E-state index contributed by atoms with van der Waals surface area (Å²) in [5, 5.41) is 2.87. The van der Waals surface area contributed by atoms with Gasteiger partial charge in [-0.05, 0) is 6.42 Å². The van der Waals surface area contributed by atoms with Gasteiger partial charge in [0.05, 0.1) is 0 Å². The molecule has 0 spiro atoms. The van der Waals surface area contributed by atoms with Crippen LogP contribution in [-0.4, -0.2) is 12.5 Å². The summed E-state index contributed by atoms with van der Waals surface area (Å²) in [6, 6.07) is 0. The van der Waals surface area contributed by atoms with Crippen molar-refractivity contribution in [2.45, 2.75) is 51.9 Å². The molecule has 0 aromatic rings. The number of amides is 1. The number of rotatable bonds is 8. The zero-order valence-corrected chi connectivity index (χ0v) is 8.77. The van der Waals surface area contributed by atoms with Crippen LogP contribution < -0.4 is 5.32 Å². The first-order valence-electron chi connectivity index (χ1n) is 5.37. The van der Waals surface area contributed by atoms with Crippen LogP contribution in [0.3, 0.4) is 0 Å². The molecular weight excluding hydrogens is 162 g/mol. The highest BCUT2D eigenvalue weighted by molar-refractivity contribution is 5.75. The van der Waals surface area contributed by atoms with Crippen molar-refractivity contribution in [3.63, 3.8) is 0 Å². The molecule has 1 amide bonds. The van der Waals surface area contributed by atoms with Crippen molar-refractivity contribution in [3.05, 3.63) is 6.92 Å². The van der Waals surface area contributed by atoms with Gasteiger partial charge in [-0.15, -0.1) is 0 Å². The minimum absolute atomic E-state index is 0.165. The van der Waals surface area contributed by atoms with E-state index in [0.29, 0.717) is 6.42 Å². The molecule has 2 nitrogen and oxygen atoms in total. The summed E-state index contributed by atoms with van der Waals surface area (Å²) in [4.78, 5) is 10.8. The van der Waals surface area contributed by atoms with Gasteiger partial charge in [0.1, 0.15) is 0 Å². The SMILES string of the molecule is [CH2]CCCCCCCNC(=O)CC. The maximum absolute atomic E-state index is 10.8. The Balaban J connectivity index is 2.95. The van der Waals surface area contributed by atoms with Gasteiger partial charge in [0.25, 0.3) is 0 Å². The third-order valence-corrected chi connectivity index (χ3v) is 2.07. The van der Waals surface area contributed by atoms with Crippen molar-refractivity contribution >= 4 is 5.91 Å². The van der Waals surface area contributed by atoms with E-state index in [0.717, 1.165) is 19.4 Å². The van der Waals surface area contributed by atoms with E-state index in [1.807, 2.05) is 6.92 Å². The molecule has 13 heavy (non-hydrogen) atoms. The minimum Gasteiger partial charge on any atom is -0.356 e. The second-order valence-electron chi connectivity index (χ2n) is 3.32. The van der Waals surface area contributed by atoms with Crippen LogP contribution in [0.4, 0.5) is 0 Å². The van der Waals surface area contributed by atoms with Crippen molar-refractivity contribution in [1.29, 1.82) is 0 Å². The van der Waals surface area contributed by atoms with Crippen LogP contribution >= 0.6 is 0 Å². The zero-order chi connectivity index (χ0) is 9.94. The van der Waals surface area contributed by atoms with Crippen LogP contribution in [0.5, 0.6) is 0 Å². The van der Waals surface area contributed by atoms with Crippen LogP contribution in [-0.2, 0) is 4.79 Å². The maximum atomic E-state index is 10.8. The Morgan fingerprint density at radius 1 is 1.15 bits per heavy atom. The van der Waals surface area contributed by atoms with Gasteiger partial charge in [-0.2, -0.15) is 0 Å². The van der Waals surface area contributed by atoms with Crippen LogP contribution in [0.25, 0.3) is 0 Å². The summed E-state index contributed by atoms with van der Waals surface area (Å²) in [6.07, 6.45) is 7.78. The lowest BCUT2D eigenvalue weighted by molar-refractivity contribution is -0.120. The molecule has 0 rings (SSSR count). The molecule has 0 atom stereocenters. The molecule has 0 unspecified atom stereocenters. The third kappa shape index (κ3) is 9.38. The highest BCUT2D eigenvalue weighted by Crippen LogP contribution is 2.03. The topological polar surface area (TPSA) is 29.1 Å². The first kappa shape index (κ1) is 12.5. The fourth-order valence-electron chi connectivity index (χ4n) is 1.18. The molecule has 0 fully saturated rings. The summed E-state index contributed by atoms with van der Waals surface area (Å²) >= 11 is 0. The standard InChI is InChI=1S/C11H22NO/c1-3-5-6-7-8-9-10-12-11(13)4-2/h1,3-10H2,2H3,(H,12,13). The Kier molecular flexibility index (Phi) is 9.17. The molecule has 0 aliphatic carbocycles. The average molecular weight is 184 g/mol. The van der Waals surface area contributed by atoms with Gasteiger partial charge in [-0.1, -0.05) is 46.0 Å². The lowest BCUT2D eigenvalue weighted by atomic mass is 10.1. The van der Waals surface area contributed by atoms with Crippen molar-refractivity contribution in [2.24, 2.45) is 0 Å². The summed E-state index contributed by atoms with van der Waals surface area (Å²) in [5.41, 5.74) is 0. The Morgan fingerprint density at radius 2 is 1.77 bits per heavy atom. The summed E-state index contributed by atoms with van der Waals surface area (Å²) < 4.78 is 0. The zero-order valence-electron chi connectivity index (χ0n) is 8.77. The molecule has 0 saturated heterocycles. The minimum atomic E-state index is 0.165. The first-order chi connectivity index (χ1) is 6.31. The number of hydrogen-bond acceptors (Lipinski definition) is 1. The van der Waals surface area contributed by atoms with E-state index >= 15 is 0 Å². The smallest absolute Gasteiger partial charge is 0.219 e. The van der Waals surface area contributed by atoms with Crippen molar-refractivity contribution < 1.29 is 4.79 Å². The maximum Gasteiger partial charge on any atom is 0.219 e. The number of hydrogen-bond donors (Lipinski definition) is 1. The predicted molar refractivity (Wildman–Crippen MR) is 56.4 cm³/mol. The van der Waals surface area contributed by atoms with Crippen molar-refractivity contribution in [3.8, 4) is 0 Å². The van der Waals surface area contributed by atoms with Crippen molar-refractivity contribution in [1.82, 2.24) is 5.32 Å². The Morgan fingerprint density at radius 3 is 2.38 bits per heavy atom. The van der Waals surface area contributed by atoms with Gasteiger partial charge in [-0.3, -0.25) is 4.79 Å². The number of carbonyl (C=O) groups excluding carboxylic acids is 1. The summed E-state index contributed by atoms with van der Waals surface area (Å²) in [5.74, 6) is 0.165. The highest BCUT2D eigenvalue weighted by Gasteiger charge is 1.94. The van der Waals surface area contributed by atoms with E-state index in [9.17, 15) is 4.79 Å². The normalized spacial score (nSPS) is 10.0. The second-order valence-corrected chi connectivity index (χ2v) is 3.32. The molecule has 77 valence electrons. The molecule has 0 aliphatic rings. The summed E-state index contributed by atoms with van der Waals surface area (Å²) in [6.45, 7) is 6.52. The highest BCUT2D eigenvalue weighted by atomic mass is 16.1. The summed E-state index contributed by atoms with van der Waals surface area (Å²) in [7, 11) is 0. The molecule has 0 aliphatic heterocycles. The van der Waals surface area contributed by atoms with Crippen LogP contribution in [0, 0.1) is 6.92 Å². The Labute approximate surface area is 82.1 Å². The fourth-order valence-corrected chi connectivity index (χ4v) is 1.18. The van der Waals surface area contributed by atoms with E-state index in [4.69, 9.17) is 0 Å². The fraction of sp³-hybridized carbons (Fsp3) is 0.818. The molecule has 0 bridgehead atoms. The van der Waals surface area contributed by atoms with E-state index < -0.39 is 0 Å². The molecule has 1 N–H and O–H groups in total. The number of carbonyl (C=O) groups is 1. The van der Waals surface area contributed by atoms with Gasteiger partial charge in [0.15, 0.2) is 0 Å². The number of nitrogens with one attached hydrogen (secondary N) is 1. The Bertz CT molecular complexity index is 123. The molecule has 0 aromatic heterocycles. The van der Waals surface area contributed by atoms with Gasteiger partial charge < -0.3 is 5.32 Å². The number of unbranched alkanes of at least 4 members (excludes halogenated alkanes) is 5. The molecule has 0 saturated carbocycles. The van der Waals surface area contributed by atoms with Gasteiger partial charge in [-0.25, -0.2) is 0 Å². The Hall–Kier alpha value is -0.530. The second kappa shape index (κ2) is 9.56. The monoisotopic (exact) mass is 184 g/mol. The third-order valence-electron chi connectivity index (χ3n) is 2.07. The lowest BCUT2D eigenvalue weighted by Crippen LogP contribution is -2.23. The van der Waals surface area contributed by atoms with Crippen LogP contribution in [0.15, 0.2) is 0 Å². The van der Waals surface area contributed by atoms with E-state index in [1.54, 1.807) is 0 Å². The van der Waals surface area contributed by atoms with E-state index in [-0.39, 0.29) is 5.91 Å². The van der Waals surface area contributed by atoms with E-state index in [2.05, 4.69) is 12.2 Å². The molecule has 1 radical (unpaired) electrons. The van der Waals surface area contributed by atoms with Crippen LogP contribution in [0.2, 0.25) is 0 Å². The van der Waals surface area contributed by atoms with Gasteiger partial charge in [0, 0.05) is 13.0 Å². The average Bonchev–Trinajstić information content (AvgIpc) is 2.16. The van der Waals surface area contributed by atoms with E-state index in [1.165, 1.54) is 25.7 Å². The largest absolute Gasteiger partial charge is 0.356 e. The van der Waals surface area contributed by atoms with Crippen molar-refractivity contribution in [2.75, 3.05) is 6.54 Å². The van der Waals surface area contributed by atoms with Crippen LogP contribution in [0.1, 0.15) is 51.9 Å². The quantitative estimate of drug-likeness (QED) is 0.577. The molecular formula is C11H22NO. The van der Waals surface area contributed by atoms with Gasteiger partial charge in [0.2, 0.25) is 5.91 Å².